The fourth-order valence-electron chi connectivity index (χ4n) is 5.32. The minimum Gasteiger partial charge on any atom is -0.351 e. The molecular formula is C33H39ClN2O4. The number of hydrogen-bond acceptors (Lipinski definition) is 5. The Kier molecular flexibility index (Phi) is 9.44. The molecule has 0 heterocycles. The van der Waals surface area contributed by atoms with E-state index in [1.165, 1.54) is 0 Å². The molecule has 0 bridgehead atoms. The molecule has 0 radical (unpaired) electrons. The smallest absolute Gasteiger partial charge is 0.249 e. The number of carbonyl (C=O) groups is 1. The summed E-state index contributed by atoms with van der Waals surface area (Å²) in [4.78, 5) is 25.7. The molecular weight excluding hydrogens is 524 g/mol. The van der Waals surface area contributed by atoms with Crippen LogP contribution in [0.15, 0.2) is 78.0 Å². The molecule has 1 atom stereocenters. The van der Waals surface area contributed by atoms with E-state index in [0.717, 1.165) is 54.2 Å². The number of nitrogens with zero attached hydrogens (tertiary/aromatic N) is 2. The van der Waals surface area contributed by atoms with Gasteiger partial charge in [0.2, 0.25) is 5.70 Å². The second-order valence-electron chi connectivity index (χ2n) is 11.2. The van der Waals surface area contributed by atoms with Crippen LogP contribution in [0, 0.1) is 16.0 Å². The SMILES string of the molecule is CCC(C)(CC)c1ccc(C=O)c(C(OCC2CC2)(c2ccc(Cl)cc2)N(C)CC2=CC=C([N+](=O)[O-])CC=C2)c1. The average Bonchev–Trinajstić information content (AvgIpc) is 3.81. The van der Waals surface area contributed by atoms with E-state index in [1.807, 2.05) is 49.5 Å². The molecule has 1 fully saturated rings. The number of carbonyl (C=O) groups excluding carboxylic acids is 1. The van der Waals surface area contributed by atoms with Crippen LogP contribution in [0.3, 0.4) is 0 Å². The predicted octanol–water partition coefficient (Wildman–Crippen LogP) is 7.84. The van der Waals surface area contributed by atoms with Gasteiger partial charge in [-0.25, -0.2) is 0 Å². The van der Waals surface area contributed by atoms with Gasteiger partial charge in [-0.15, -0.1) is 0 Å². The van der Waals surface area contributed by atoms with Crippen LogP contribution in [0.2, 0.25) is 5.02 Å². The molecule has 1 saturated carbocycles. The molecule has 0 N–H and O–H groups in total. The largest absolute Gasteiger partial charge is 0.351 e. The summed E-state index contributed by atoms with van der Waals surface area (Å²) in [6.07, 6.45) is 12.4. The summed E-state index contributed by atoms with van der Waals surface area (Å²) in [6.45, 7) is 7.63. The van der Waals surface area contributed by atoms with E-state index in [9.17, 15) is 14.9 Å². The third kappa shape index (κ3) is 6.30. The number of hydrogen-bond donors (Lipinski definition) is 0. The highest BCUT2D eigenvalue weighted by Crippen LogP contribution is 2.44. The van der Waals surface area contributed by atoms with Crippen LogP contribution in [0.4, 0.5) is 0 Å². The summed E-state index contributed by atoms with van der Waals surface area (Å²) in [6, 6.07) is 13.8. The Balaban J connectivity index is 1.93. The number of likely N-dealkylation sites (N-methyl/N-ethyl adjacent to an activating group) is 1. The highest BCUT2D eigenvalue weighted by atomic mass is 35.5. The third-order valence-corrected chi connectivity index (χ3v) is 8.86. The first kappa shape index (κ1) is 29.9. The van der Waals surface area contributed by atoms with Gasteiger partial charge < -0.3 is 4.74 Å². The van der Waals surface area contributed by atoms with Gasteiger partial charge in [0.05, 0.1) is 18.0 Å². The van der Waals surface area contributed by atoms with Crippen molar-refractivity contribution >= 4 is 17.9 Å². The van der Waals surface area contributed by atoms with Crippen molar-refractivity contribution in [3.05, 3.63) is 115 Å². The molecule has 0 aliphatic heterocycles. The summed E-state index contributed by atoms with van der Waals surface area (Å²) in [5.41, 5.74) is 3.28. The van der Waals surface area contributed by atoms with E-state index >= 15 is 0 Å². The van der Waals surface area contributed by atoms with Gasteiger partial charge in [-0.1, -0.05) is 74.9 Å². The Hall–Kier alpha value is -3.06. The molecule has 0 amide bonds. The van der Waals surface area contributed by atoms with Crippen molar-refractivity contribution in [2.24, 2.45) is 5.92 Å². The maximum Gasteiger partial charge on any atom is 0.249 e. The Morgan fingerprint density at radius 1 is 1.10 bits per heavy atom. The van der Waals surface area contributed by atoms with Crippen molar-refractivity contribution in [1.82, 2.24) is 4.90 Å². The number of rotatable bonds is 13. The van der Waals surface area contributed by atoms with Crippen LogP contribution >= 0.6 is 11.6 Å². The fraction of sp³-hybridized carbons (Fsp3) is 0.424. The summed E-state index contributed by atoms with van der Waals surface area (Å²) >= 11 is 6.33. The summed E-state index contributed by atoms with van der Waals surface area (Å²) in [5, 5.41) is 12.0. The van der Waals surface area contributed by atoms with Crippen molar-refractivity contribution in [1.29, 1.82) is 0 Å². The topological polar surface area (TPSA) is 72.7 Å². The summed E-state index contributed by atoms with van der Waals surface area (Å²) in [5.74, 6) is 0.474. The van der Waals surface area contributed by atoms with Crippen molar-refractivity contribution in [2.75, 3.05) is 20.2 Å². The standard InChI is InChI=1S/C33H39ClN2O4/c1-5-32(3,6-2)28-14-13-26(22-37)31(20-28)33(40-23-25-10-11-25,27-15-17-29(34)18-16-27)35(4)21-24-8-7-9-30(19-12-24)36(38)39/h7-8,12-20,22,25H,5-6,9-11,21,23H2,1-4H3. The molecule has 0 saturated heterocycles. The Morgan fingerprint density at radius 2 is 1.77 bits per heavy atom. The van der Waals surface area contributed by atoms with Gasteiger partial charge in [0.25, 0.3) is 0 Å². The highest BCUT2D eigenvalue weighted by molar-refractivity contribution is 6.30. The van der Waals surface area contributed by atoms with Gasteiger partial charge in [-0.05, 0) is 73.4 Å². The predicted molar refractivity (Wildman–Crippen MR) is 160 cm³/mol. The lowest BCUT2D eigenvalue weighted by atomic mass is 9.75. The maximum atomic E-state index is 12.6. The minimum atomic E-state index is -1.10. The number of nitro groups is 1. The lowest BCUT2D eigenvalue weighted by molar-refractivity contribution is -0.426. The molecule has 212 valence electrons. The van der Waals surface area contributed by atoms with E-state index in [1.54, 1.807) is 12.2 Å². The van der Waals surface area contributed by atoms with Crippen LogP contribution in [0.5, 0.6) is 0 Å². The summed E-state index contributed by atoms with van der Waals surface area (Å²) in [7, 11) is 1.99. The first-order valence-electron chi connectivity index (χ1n) is 14.1. The van der Waals surface area contributed by atoms with E-state index < -0.39 is 5.72 Å². The molecule has 6 nitrogen and oxygen atoms in total. The third-order valence-electron chi connectivity index (χ3n) is 8.60. The molecule has 0 aromatic heterocycles. The van der Waals surface area contributed by atoms with Gasteiger partial charge in [0.15, 0.2) is 12.0 Å². The zero-order valence-corrected chi connectivity index (χ0v) is 24.6. The minimum absolute atomic E-state index is 0.0623. The molecule has 4 rings (SSSR count). The highest BCUT2D eigenvalue weighted by Gasteiger charge is 2.44. The van der Waals surface area contributed by atoms with Crippen LogP contribution in [0.1, 0.15) is 79.9 Å². The van der Waals surface area contributed by atoms with Gasteiger partial charge in [-0.2, -0.15) is 0 Å². The average molecular weight is 563 g/mol. The number of ether oxygens (including phenoxy) is 1. The van der Waals surface area contributed by atoms with Gasteiger partial charge >= 0.3 is 0 Å². The van der Waals surface area contributed by atoms with Crippen molar-refractivity contribution < 1.29 is 14.5 Å². The first-order chi connectivity index (χ1) is 19.2. The molecule has 1 unspecified atom stereocenters. The van der Waals surface area contributed by atoms with E-state index in [-0.39, 0.29) is 22.5 Å². The van der Waals surface area contributed by atoms with Crippen LogP contribution < -0.4 is 0 Å². The lowest BCUT2D eigenvalue weighted by Crippen LogP contribution is -2.49. The van der Waals surface area contributed by atoms with Gasteiger partial charge in [0, 0.05) is 34.3 Å². The van der Waals surface area contributed by atoms with E-state index in [0.29, 0.717) is 29.7 Å². The molecule has 2 aliphatic carbocycles. The van der Waals surface area contributed by atoms with Crippen molar-refractivity contribution in [3.8, 4) is 0 Å². The molecule has 0 spiro atoms. The number of halogens is 1. The normalized spacial score (nSPS) is 17.1. The monoisotopic (exact) mass is 562 g/mol. The summed E-state index contributed by atoms with van der Waals surface area (Å²) < 4.78 is 6.99. The Bertz CT molecular complexity index is 1320. The van der Waals surface area contributed by atoms with Crippen LogP contribution in [-0.4, -0.2) is 36.3 Å². The lowest BCUT2D eigenvalue weighted by Gasteiger charge is -2.44. The molecule has 7 heteroatoms. The Labute approximate surface area is 242 Å². The van der Waals surface area contributed by atoms with Crippen molar-refractivity contribution in [2.45, 2.75) is 64.0 Å². The van der Waals surface area contributed by atoms with Gasteiger partial charge in [0.1, 0.15) is 0 Å². The molecule has 40 heavy (non-hydrogen) atoms. The van der Waals surface area contributed by atoms with Crippen LogP contribution in [0.25, 0.3) is 0 Å². The second-order valence-corrected chi connectivity index (χ2v) is 11.6. The van der Waals surface area contributed by atoms with Crippen LogP contribution in [-0.2, 0) is 15.9 Å². The van der Waals surface area contributed by atoms with E-state index in [4.69, 9.17) is 16.3 Å². The van der Waals surface area contributed by atoms with Gasteiger partial charge in [-0.3, -0.25) is 19.8 Å². The zero-order valence-electron chi connectivity index (χ0n) is 23.9. The molecule has 2 aliphatic rings. The maximum absolute atomic E-state index is 12.6. The first-order valence-corrected chi connectivity index (χ1v) is 14.5. The fourth-order valence-corrected chi connectivity index (χ4v) is 5.45. The number of benzene rings is 2. The molecule has 2 aromatic rings. The molecule has 2 aromatic carbocycles. The number of aldehydes is 1. The second kappa shape index (κ2) is 12.6. The zero-order chi connectivity index (χ0) is 28.9. The quantitative estimate of drug-likeness (QED) is 0.108. The number of allylic oxidation sites excluding steroid dienone is 3. The Morgan fingerprint density at radius 3 is 2.38 bits per heavy atom. The van der Waals surface area contributed by atoms with E-state index in [2.05, 4.69) is 37.8 Å². The van der Waals surface area contributed by atoms with Crippen molar-refractivity contribution in [3.63, 3.8) is 0 Å².